The van der Waals surface area contributed by atoms with Gasteiger partial charge in [-0.25, -0.2) is 0 Å². The van der Waals surface area contributed by atoms with Crippen LogP contribution in [0.5, 0.6) is 0 Å². The summed E-state index contributed by atoms with van der Waals surface area (Å²) in [6.07, 6.45) is 3.29. The van der Waals surface area contributed by atoms with Gasteiger partial charge in [-0.05, 0) is 31.7 Å². The molecule has 1 aliphatic heterocycles. The quantitative estimate of drug-likeness (QED) is 0.843. The Balaban J connectivity index is 1.97. The molecular formula is C12H17NO3. The topological polar surface area (TPSA) is 53.7 Å². The minimum absolute atomic E-state index is 0.0392. The first-order valence-corrected chi connectivity index (χ1v) is 5.66. The van der Waals surface area contributed by atoms with Gasteiger partial charge in [0.1, 0.15) is 12.0 Å². The molecule has 0 radical (unpaired) electrons. The fourth-order valence-electron chi connectivity index (χ4n) is 2.17. The molecule has 1 aromatic heterocycles. The van der Waals surface area contributed by atoms with Gasteiger partial charge in [-0.2, -0.15) is 0 Å². The molecule has 1 atom stereocenters. The first-order valence-electron chi connectivity index (χ1n) is 5.66. The van der Waals surface area contributed by atoms with Gasteiger partial charge < -0.3 is 14.4 Å². The van der Waals surface area contributed by atoms with Gasteiger partial charge in [-0.3, -0.25) is 4.79 Å². The lowest BCUT2D eigenvalue weighted by molar-refractivity contribution is 0.0784. The van der Waals surface area contributed by atoms with Gasteiger partial charge >= 0.3 is 0 Å². The molecule has 0 bridgehead atoms. The number of hydrogen-bond donors (Lipinski definition) is 1. The SMILES string of the molecule is Cc1cc(C(=O)N2CCC(CCO)C2)co1. The molecule has 2 heterocycles. The molecule has 0 aromatic carbocycles. The van der Waals surface area contributed by atoms with Crippen molar-refractivity contribution in [3.05, 3.63) is 23.7 Å². The Hall–Kier alpha value is -1.29. The molecule has 1 N–H and O–H groups in total. The monoisotopic (exact) mass is 223 g/mol. The maximum Gasteiger partial charge on any atom is 0.257 e. The van der Waals surface area contributed by atoms with E-state index in [2.05, 4.69) is 0 Å². The highest BCUT2D eigenvalue weighted by Gasteiger charge is 2.27. The number of likely N-dealkylation sites (tertiary alicyclic amines) is 1. The molecule has 1 amide bonds. The number of aliphatic hydroxyl groups is 1. The van der Waals surface area contributed by atoms with Crippen molar-refractivity contribution in [3.63, 3.8) is 0 Å². The maximum absolute atomic E-state index is 12.0. The van der Waals surface area contributed by atoms with E-state index in [4.69, 9.17) is 9.52 Å². The Labute approximate surface area is 94.9 Å². The first-order chi connectivity index (χ1) is 7.70. The minimum atomic E-state index is 0.0392. The molecule has 88 valence electrons. The fourth-order valence-corrected chi connectivity index (χ4v) is 2.17. The first kappa shape index (κ1) is 11.2. The van der Waals surface area contributed by atoms with Crippen LogP contribution in [0.25, 0.3) is 0 Å². The van der Waals surface area contributed by atoms with Crippen molar-refractivity contribution in [1.29, 1.82) is 0 Å². The summed E-state index contributed by atoms with van der Waals surface area (Å²) in [5.74, 6) is 1.24. The largest absolute Gasteiger partial charge is 0.469 e. The summed E-state index contributed by atoms with van der Waals surface area (Å²) in [4.78, 5) is 13.9. The van der Waals surface area contributed by atoms with E-state index >= 15 is 0 Å². The highest BCUT2D eigenvalue weighted by Crippen LogP contribution is 2.21. The molecule has 1 fully saturated rings. The van der Waals surface area contributed by atoms with Gasteiger partial charge in [0.05, 0.1) is 5.56 Å². The van der Waals surface area contributed by atoms with E-state index in [-0.39, 0.29) is 12.5 Å². The predicted octanol–water partition coefficient (Wildman–Crippen LogP) is 1.43. The van der Waals surface area contributed by atoms with Gasteiger partial charge in [0.2, 0.25) is 0 Å². The molecule has 1 aromatic rings. The van der Waals surface area contributed by atoms with E-state index in [0.717, 1.165) is 31.7 Å². The number of carbonyl (C=O) groups is 1. The number of amides is 1. The van der Waals surface area contributed by atoms with Crippen molar-refractivity contribution in [3.8, 4) is 0 Å². The number of aliphatic hydroxyl groups excluding tert-OH is 1. The molecule has 0 aliphatic carbocycles. The average molecular weight is 223 g/mol. The number of nitrogens with zero attached hydrogens (tertiary/aromatic N) is 1. The lowest BCUT2D eigenvalue weighted by Gasteiger charge is -2.15. The maximum atomic E-state index is 12.0. The van der Waals surface area contributed by atoms with Gasteiger partial charge in [-0.1, -0.05) is 0 Å². The Morgan fingerprint density at radius 3 is 3.12 bits per heavy atom. The average Bonchev–Trinajstić information content (AvgIpc) is 2.87. The third-order valence-electron chi connectivity index (χ3n) is 3.09. The minimum Gasteiger partial charge on any atom is -0.469 e. The summed E-state index contributed by atoms with van der Waals surface area (Å²) < 4.78 is 5.13. The standard InChI is InChI=1S/C12H17NO3/c1-9-6-11(8-16-9)12(15)13-4-2-10(7-13)3-5-14/h6,8,10,14H,2-5,7H2,1H3. The van der Waals surface area contributed by atoms with Crippen LogP contribution in [0.2, 0.25) is 0 Å². The second-order valence-electron chi connectivity index (χ2n) is 4.36. The number of aryl methyl sites for hydroxylation is 1. The Kier molecular flexibility index (Phi) is 3.29. The molecule has 1 unspecified atom stereocenters. The van der Waals surface area contributed by atoms with Crippen molar-refractivity contribution in [2.24, 2.45) is 5.92 Å². The lowest BCUT2D eigenvalue weighted by Crippen LogP contribution is -2.28. The van der Waals surface area contributed by atoms with Crippen LogP contribution < -0.4 is 0 Å². The summed E-state index contributed by atoms with van der Waals surface area (Å²) in [6, 6.07) is 1.77. The van der Waals surface area contributed by atoms with Crippen LogP contribution in [0.4, 0.5) is 0 Å². The highest BCUT2D eigenvalue weighted by atomic mass is 16.3. The van der Waals surface area contributed by atoms with Gasteiger partial charge in [0.15, 0.2) is 0 Å². The van der Waals surface area contributed by atoms with Crippen LogP contribution in [0.3, 0.4) is 0 Å². The van der Waals surface area contributed by atoms with Crippen molar-refractivity contribution in [1.82, 2.24) is 4.90 Å². The normalized spacial score (nSPS) is 20.4. The third kappa shape index (κ3) is 2.27. The van der Waals surface area contributed by atoms with Crippen LogP contribution >= 0.6 is 0 Å². The molecule has 0 spiro atoms. The number of hydrogen-bond acceptors (Lipinski definition) is 3. The number of furan rings is 1. The summed E-state index contributed by atoms with van der Waals surface area (Å²) in [7, 11) is 0. The summed E-state index contributed by atoms with van der Waals surface area (Å²) in [5.41, 5.74) is 0.627. The number of rotatable bonds is 3. The molecule has 2 rings (SSSR count). The van der Waals surface area contributed by atoms with Crippen LogP contribution in [0, 0.1) is 12.8 Å². The van der Waals surface area contributed by atoms with Crippen molar-refractivity contribution >= 4 is 5.91 Å². The summed E-state index contributed by atoms with van der Waals surface area (Å²) >= 11 is 0. The van der Waals surface area contributed by atoms with Gasteiger partial charge in [0.25, 0.3) is 5.91 Å². The van der Waals surface area contributed by atoms with Crippen molar-refractivity contribution < 1.29 is 14.3 Å². The van der Waals surface area contributed by atoms with E-state index in [9.17, 15) is 4.79 Å². The molecule has 4 heteroatoms. The van der Waals surface area contributed by atoms with Gasteiger partial charge in [-0.15, -0.1) is 0 Å². The van der Waals surface area contributed by atoms with Gasteiger partial charge in [0, 0.05) is 19.7 Å². The smallest absolute Gasteiger partial charge is 0.257 e. The van der Waals surface area contributed by atoms with Crippen LogP contribution in [0.15, 0.2) is 16.7 Å². The Morgan fingerprint density at radius 2 is 2.50 bits per heavy atom. The van der Waals surface area contributed by atoms with E-state index < -0.39 is 0 Å². The van der Waals surface area contributed by atoms with Crippen molar-refractivity contribution in [2.45, 2.75) is 19.8 Å². The zero-order valence-electron chi connectivity index (χ0n) is 9.48. The lowest BCUT2D eigenvalue weighted by atomic mass is 10.1. The second-order valence-corrected chi connectivity index (χ2v) is 4.36. The fraction of sp³-hybridized carbons (Fsp3) is 0.583. The summed E-state index contributed by atoms with van der Waals surface area (Å²) in [6.45, 7) is 3.57. The highest BCUT2D eigenvalue weighted by molar-refractivity contribution is 5.94. The molecular weight excluding hydrogens is 206 g/mol. The summed E-state index contributed by atoms with van der Waals surface area (Å²) in [5, 5.41) is 8.85. The molecule has 0 saturated carbocycles. The third-order valence-corrected chi connectivity index (χ3v) is 3.09. The Morgan fingerprint density at radius 1 is 1.69 bits per heavy atom. The van der Waals surface area contributed by atoms with E-state index in [0.29, 0.717) is 11.5 Å². The van der Waals surface area contributed by atoms with Crippen LogP contribution in [-0.2, 0) is 0 Å². The molecule has 4 nitrogen and oxygen atoms in total. The van der Waals surface area contributed by atoms with Crippen LogP contribution in [0.1, 0.15) is 29.0 Å². The second kappa shape index (κ2) is 4.70. The zero-order chi connectivity index (χ0) is 11.5. The zero-order valence-corrected chi connectivity index (χ0v) is 9.48. The number of carbonyl (C=O) groups excluding carboxylic acids is 1. The Bertz CT molecular complexity index is 372. The van der Waals surface area contributed by atoms with E-state index in [1.807, 2.05) is 11.8 Å². The van der Waals surface area contributed by atoms with E-state index in [1.165, 1.54) is 6.26 Å². The molecule has 16 heavy (non-hydrogen) atoms. The van der Waals surface area contributed by atoms with Crippen molar-refractivity contribution in [2.75, 3.05) is 19.7 Å². The van der Waals surface area contributed by atoms with Crippen LogP contribution in [-0.4, -0.2) is 35.6 Å². The van der Waals surface area contributed by atoms with E-state index in [1.54, 1.807) is 6.07 Å². The molecule has 1 aliphatic rings. The molecule has 1 saturated heterocycles. The predicted molar refractivity (Wildman–Crippen MR) is 59.2 cm³/mol.